The molecule has 0 aromatic heterocycles. The van der Waals surface area contributed by atoms with Crippen molar-refractivity contribution in [2.75, 3.05) is 6.54 Å². The van der Waals surface area contributed by atoms with Crippen molar-refractivity contribution in [3.63, 3.8) is 0 Å². The van der Waals surface area contributed by atoms with Crippen molar-refractivity contribution in [2.24, 2.45) is 5.73 Å². The minimum Gasteiger partial charge on any atom is -0.449 e. The SMILES string of the molecule is C[Si]1(C)C=C(CN)[Si](C)(C)O1. The fourth-order valence-corrected chi connectivity index (χ4v) is 11.6. The molecule has 0 fully saturated rings. The Kier molecular flexibility index (Phi) is 2.13. The second-order valence-corrected chi connectivity index (χ2v) is 12.1. The van der Waals surface area contributed by atoms with Crippen molar-refractivity contribution in [3.8, 4) is 0 Å². The van der Waals surface area contributed by atoms with E-state index >= 15 is 0 Å². The van der Waals surface area contributed by atoms with Gasteiger partial charge in [-0.2, -0.15) is 0 Å². The molecular formula is C7H17NOSi2. The van der Waals surface area contributed by atoms with E-state index in [1.807, 2.05) is 0 Å². The third-order valence-corrected chi connectivity index (χ3v) is 9.41. The van der Waals surface area contributed by atoms with Gasteiger partial charge in [0.15, 0.2) is 8.32 Å². The number of hydrogen-bond donors (Lipinski definition) is 1. The van der Waals surface area contributed by atoms with E-state index in [0.29, 0.717) is 6.54 Å². The molecule has 1 rings (SSSR count). The van der Waals surface area contributed by atoms with Crippen LogP contribution in [0.3, 0.4) is 0 Å². The minimum absolute atomic E-state index is 0.690. The first-order valence-electron chi connectivity index (χ1n) is 4.00. The highest BCUT2D eigenvalue weighted by Gasteiger charge is 2.41. The van der Waals surface area contributed by atoms with Crippen LogP contribution in [0.25, 0.3) is 0 Å². The molecular weight excluding hydrogens is 170 g/mol. The topological polar surface area (TPSA) is 35.2 Å². The molecule has 0 saturated heterocycles. The van der Waals surface area contributed by atoms with Gasteiger partial charge in [-0.05, 0) is 31.4 Å². The monoisotopic (exact) mass is 187 g/mol. The molecule has 0 atom stereocenters. The van der Waals surface area contributed by atoms with Crippen molar-refractivity contribution in [2.45, 2.75) is 26.2 Å². The van der Waals surface area contributed by atoms with Crippen LogP contribution in [0.5, 0.6) is 0 Å². The highest BCUT2D eigenvalue weighted by atomic mass is 28.4. The summed E-state index contributed by atoms with van der Waals surface area (Å²) in [7, 11) is -2.95. The zero-order valence-electron chi connectivity index (χ0n) is 7.77. The van der Waals surface area contributed by atoms with E-state index in [9.17, 15) is 0 Å². The Morgan fingerprint density at radius 3 is 2.09 bits per heavy atom. The third kappa shape index (κ3) is 1.81. The molecule has 0 unspecified atom stereocenters. The van der Waals surface area contributed by atoms with Gasteiger partial charge in [0, 0.05) is 6.54 Å². The summed E-state index contributed by atoms with van der Waals surface area (Å²) in [4.78, 5) is 0. The molecule has 0 aromatic carbocycles. The van der Waals surface area contributed by atoms with Crippen LogP contribution in [0.15, 0.2) is 10.9 Å². The maximum absolute atomic E-state index is 6.04. The van der Waals surface area contributed by atoms with Crippen LogP contribution in [0.1, 0.15) is 0 Å². The van der Waals surface area contributed by atoms with Crippen molar-refractivity contribution >= 4 is 16.6 Å². The summed E-state index contributed by atoms with van der Waals surface area (Å²) in [5.74, 6) is 0. The lowest BCUT2D eigenvalue weighted by atomic mass is 10.6. The fraction of sp³-hybridized carbons (Fsp3) is 0.714. The van der Waals surface area contributed by atoms with Gasteiger partial charge >= 0.3 is 0 Å². The second-order valence-electron chi connectivity index (χ2n) is 4.09. The van der Waals surface area contributed by atoms with E-state index in [4.69, 9.17) is 9.85 Å². The third-order valence-electron chi connectivity index (χ3n) is 2.03. The van der Waals surface area contributed by atoms with Crippen molar-refractivity contribution in [3.05, 3.63) is 10.9 Å². The molecule has 0 amide bonds. The Labute approximate surface area is 70.7 Å². The molecule has 4 heteroatoms. The molecule has 0 bridgehead atoms. The van der Waals surface area contributed by atoms with Crippen molar-refractivity contribution < 1.29 is 4.12 Å². The van der Waals surface area contributed by atoms with Crippen LogP contribution >= 0.6 is 0 Å². The standard InChI is InChI=1S/C7H17NOSi2/c1-10(2)6-7(5-8)11(3,4)9-10/h6H,5,8H2,1-4H3. The predicted molar refractivity (Wildman–Crippen MR) is 53.2 cm³/mol. The maximum atomic E-state index is 6.04. The van der Waals surface area contributed by atoms with E-state index < -0.39 is 16.6 Å². The number of nitrogens with two attached hydrogens (primary N) is 1. The Hall–Kier alpha value is 0.0938. The molecule has 0 aliphatic carbocycles. The van der Waals surface area contributed by atoms with Gasteiger partial charge in [-0.1, -0.05) is 5.70 Å². The number of rotatable bonds is 1. The largest absolute Gasteiger partial charge is 0.449 e. The van der Waals surface area contributed by atoms with Crippen LogP contribution in [-0.2, 0) is 4.12 Å². The average Bonchev–Trinajstić information content (AvgIpc) is 1.99. The summed E-state index contributed by atoms with van der Waals surface area (Å²) in [6, 6.07) is 0. The van der Waals surface area contributed by atoms with Crippen LogP contribution in [0, 0.1) is 0 Å². The van der Waals surface area contributed by atoms with Gasteiger partial charge in [-0.3, -0.25) is 0 Å². The summed E-state index contributed by atoms with van der Waals surface area (Å²) in [6.07, 6.45) is 0. The van der Waals surface area contributed by atoms with E-state index in [1.165, 1.54) is 5.20 Å². The predicted octanol–water partition coefficient (Wildman–Crippen LogP) is 1.39. The molecule has 2 N–H and O–H groups in total. The van der Waals surface area contributed by atoms with Crippen molar-refractivity contribution in [1.82, 2.24) is 0 Å². The van der Waals surface area contributed by atoms with Gasteiger partial charge < -0.3 is 9.85 Å². The first-order valence-corrected chi connectivity index (χ1v) is 9.89. The Morgan fingerprint density at radius 1 is 1.36 bits per heavy atom. The quantitative estimate of drug-likeness (QED) is 0.630. The van der Waals surface area contributed by atoms with Crippen LogP contribution in [-0.4, -0.2) is 23.2 Å². The van der Waals surface area contributed by atoms with E-state index in [0.717, 1.165) is 0 Å². The van der Waals surface area contributed by atoms with Crippen LogP contribution in [0.2, 0.25) is 26.2 Å². The molecule has 1 aliphatic heterocycles. The lowest BCUT2D eigenvalue weighted by Gasteiger charge is -2.24. The van der Waals surface area contributed by atoms with E-state index in [-0.39, 0.29) is 0 Å². The van der Waals surface area contributed by atoms with Gasteiger partial charge in [-0.15, -0.1) is 0 Å². The molecule has 64 valence electrons. The molecule has 0 saturated carbocycles. The first kappa shape index (κ1) is 9.18. The number of hydrogen-bond acceptors (Lipinski definition) is 2. The van der Waals surface area contributed by atoms with Gasteiger partial charge in [0.2, 0.25) is 8.32 Å². The summed E-state index contributed by atoms with van der Waals surface area (Å²) in [5.41, 5.74) is 7.96. The summed E-state index contributed by atoms with van der Waals surface area (Å²) >= 11 is 0. The average molecular weight is 187 g/mol. The first-order chi connectivity index (χ1) is 4.87. The summed E-state index contributed by atoms with van der Waals surface area (Å²) in [6.45, 7) is 9.60. The minimum atomic E-state index is -1.51. The molecule has 1 heterocycles. The molecule has 0 aromatic rings. The Bertz CT molecular complexity index is 199. The normalized spacial score (nSPS) is 26.8. The zero-order valence-corrected chi connectivity index (χ0v) is 9.77. The lowest BCUT2D eigenvalue weighted by molar-refractivity contribution is 0.577. The van der Waals surface area contributed by atoms with Gasteiger partial charge in [0.05, 0.1) is 0 Å². The summed E-state index contributed by atoms with van der Waals surface area (Å²) < 4.78 is 6.04. The molecule has 0 spiro atoms. The Morgan fingerprint density at radius 2 is 1.91 bits per heavy atom. The highest BCUT2D eigenvalue weighted by Crippen LogP contribution is 2.29. The molecule has 1 aliphatic rings. The van der Waals surface area contributed by atoms with E-state index in [2.05, 4.69) is 31.9 Å². The molecule has 11 heavy (non-hydrogen) atoms. The molecule has 0 radical (unpaired) electrons. The second kappa shape index (κ2) is 2.55. The maximum Gasteiger partial charge on any atom is 0.202 e. The van der Waals surface area contributed by atoms with Gasteiger partial charge in [-0.25, -0.2) is 0 Å². The van der Waals surface area contributed by atoms with E-state index in [1.54, 1.807) is 0 Å². The van der Waals surface area contributed by atoms with Crippen LogP contribution in [0.4, 0.5) is 0 Å². The molecule has 2 nitrogen and oxygen atoms in total. The zero-order chi connectivity index (χ0) is 8.70. The van der Waals surface area contributed by atoms with Gasteiger partial charge in [0.1, 0.15) is 0 Å². The lowest BCUT2D eigenvalue weighted by Crippen LogP contribution is -2.38. The Balaban J connectivity index is 2.89. The fourth-order valence-electron chi connectivity index (χ4n) is 1.65. The highest BCUT2D eigenvalue weighted by molar-refractivity contribution is 6.95. The smallest absolute Gasteiger partial charge is 0.202 e. The van der Waals surface area contributed by atoms with Gasteiger partial charge in [0.25, 0.3) is 0 Å². The van der Waals surface area contributed by atoms with Crippen molar-refractivity contribution in [1.29, 1.82) is 0 Å². The van der Waals surface area contributed by atoms with Crippen LogP contribution < -0.4 is 5.73 Å². The summed E-state index contributed by atoms with van der Waals surface area (Å²) in [5, 5.41) is 1.40.